The Morgan fingerprint density at radius 3 is 2.76 bits per heavy atom. The van der Waals surface area contributed by atoms with Crippen molar-refractivity contribution in [2.45, 2.75) is 31.5 Å². The van der Waals surface area contributed by atoms with Gasteiger partial charge in [0, 0.05) is 6.54 Å². The molecule has 114 valence electrons. The van der Waals surface area contributed by atoms with Gasteiger partial charge in [0.1, 0.15) is 24.6 Å². The van der Waals surface area contributed by atoms with Crippen molar-refractivity contribution >= 4 is 17.0 Å². The summed E-state index contributed by atoms with van der Waals surface area (Å²) in [6, 6.07) is 0. The molecule has 0 amide bonds. The quantitative estimate of drug-likeness (QED) is 0.558. The number of hydrogen-bond acceptors (Lipinski definition) is 8. The monoisotopic (exact) mass is 295 g/mol. The third kappa shape index (κ3) is 2.23. The lowest BCUT2D eigenvalue weighted by Crippen LogP contribution is -2.33. The van der Waals surface area contributed by atoms with Gasteiger partial charge in [-0.3, -0.25) is 4.57 Å². The molecular formula is C12H17N5O4. The summed E-state index contributed by atoms with van der Waals surface area (Å²) in [6.07, 6.45) is -1.16. The summed E-state index contributed by atoms with van der Waals surface area (Å²) in [5, 5.41) is 32.1. The number of aromatic nitrogens is 4. The van der Waals surface area contributed by atoms with Crippen molar-refractivity contribution in [3.63, 3.8) is 0 Å². The van der Waals surface area contributed by atoms with Gasteiger partial charge in [0.25, 0.3) is 0 Å². The number of nitrogens with one attached hydrogen (secondary N) is 1. The molecule has 3 rings (SSSR count). The highest BCUT2D eigenvalue weighted by Gasteiger charge is 2.43. The van der Waals surface area contributed by atoms with Gasteiger partial charge in [-0.1, -0.05) is 0 Å². The summed E-state index contributed by atoms with van der Waals surface area (Å²) in [4.78, 5) is 12.5. The van der Waals surface area contributed by atoms with E-state index in [1.54, 1.807) is 0 Å². The van der Waals surface area contributed by atoms with Crippen molar-refractivity contribution in [3.8, 4) is 0 Å². The van der Waals surface area contributed by atoms with E-state index in [1.807, 2.05) is 6.92 Å². The number of hydrogen-bond donors (Lipinski definition) is 4. The van der Waals surface area contributed by atoms with Gasteiger partial charge in [0.2, 0.25) is 0 Å². The molecule has 9 nitrogen and oxygen atoms in total. The minimum Gasteiger partial charge on any atom is -0.394 e. The Hall–Kier alpha value is -1.81. The largest absolute Gasteiger partial charge is 0.394 e. The summed E-state index contributed by atoms with van der Waals surface area (Å²) in [6.45, 7) is 2.25. The predicted octanol–water partition coefficient (Wildman–Crippen LogP) is -1.13. The second kappa shape index (κ2) is 5.53. The van der Waals surface area contributed by atoms with Crippen LogP contribution in [0.15, 0.2) is 12.7 Å². The van der Waals surface area contributed by atoms with Crippen LogP contribution in [0.3, 0.4) is 0 Å². The maximum Gasteiger partial charge on any atom is 0.167 e. The van der Waals surface area contributed by atoms with Crippen LogP contribution in [0.4, 0.5) is 5.82 Å². The molecule has 1 unspecified atom stereocenters. The van der Waals surface area contributed by atoms with Crippen molar-refractivity contribution in [2.24, 2.45) is 0 Å². The number of aliphatic hydroxyl groups is 3. The fraction of sp³-hybridized carbons (Fsp3) is 0.583. The molecule has 0 aliphatic carbocycles. The molecule has 1 aliphatic heterocycles. The molecule has 1 fully saturated rings. The van der Waals surface area contributed by atoms with Gasteiger partial charge >= 0.3 is 0 Å². The number of imidazole rings is 1. The van der Waals surface area contributed by atoms with Crippen LogP contribution in [0, 0.1) is 0 Å². The normalized spacial score (nSPS) is 29.1. The maximum absolute atomic E-state index is 10.1. The summed E-state index contributed by atoms with van der Waals surface area (Å²) in [7, 11) is 0. The molecule has 0 saturated carbocycles. The van der Waals surface area contributed by atoms with Gasteiger partial charge < -0.3 is 25.4 Å². The van der Waals surface area contributed by atoms with E-state index in [-0.39, 0.29) is 6.61 Å². The molecule has 0 aromatic carbocycles. The van der Waals surface area contributed by atoms with Crippen molar-refractivity contribution < 1.29 is 20.1 Å². The number of anilines is 1. The zero-order valence-corrected chi connectivity index (χ0v) is 11.4. The van der Waals surface area contributed by atoms with Crippen LogP contribution in [0.25, 0.3) is 11.2 Å². The van der Waals surface area contributed by atoms with Gasteiger partial charge in [0.15, 0.2) is 23.2 Å². The average Bonchev–Trinajstić information content (AvgIpc) is 3.03. The maximum atomic E-state index is 10.1. The number of fused-ring (bicyclic) bond motifs is 1. The molecule has 0 spiro atoms. The van der Waals surface area contributed by atoms with Crippen molar-refractivity contribution in [1.82, 2.24) is 19.5 Å². The molecular weight excluding hydrogens is 278 g/mol. The molecule has 3 heterocycles. The first kappa shape index (κ1) is 14.1. The molecule has 2 aromatic heterocycles. The Morgan fingerprint density at radius 1 is 1.29 bits per heavy atom. The molecule has 1 saturated heterocycles. The molecule has 4 N–H and O–H groups in total. The van der Waals surface area contributed by atoms with Crippen LogP contribution in [-0.2, 0) is 4.74 Å². The zero-order chi connectivity index (χ0) is 15.0. The Kier molecular flexibility index (Phi) is 3.72. The summed E-state index contributed by atoms with van der Waals surface area (Å²) in [5.74, 6) is 0.591. The van der Waals surface area contributed by atoms with Crippen molar-refractivity contribution in [2.75, 3.05) is 18.5 Å². The first-order chi connectivity index (χ1) is 10.2. The number of rotatable bonds is 4. The van der Waals surface area contributed by atoms with Crippen LogP contribution in [-0.4, -0.2) is 66.3 Å². The Bertz CT molecular complexity index is 633. The molecule has 4 atom stereocenters. The SMILES string of the molecule is CCNc1ncnc2c1ncn2[C@@H]1O[C@H](CO)C(O)[C@@H]1O. The molecule has 2 aromatic rings. The van der Waals surface area contributed by atoms with Crippen LogP contribution < -0.4 is 5.32 Å². The molecule has 1 aliphatic rings. The highest BCUT2D eigenvalue weighted by molar-refractivity contribution is 5.82. The first-order valence-corrected chi connectivity index (χ1v) is 6.71. The van der Waals surface area contributed by atoms with Crippen LogP contribution in [0.2, 0.25) is 0 Å². The molecule has 21 heavy (non-hydrogen) atoms. The lowest BCUT2D eigenvalue weighted by atomic mass is 10.1. The smallest absolute Gasteiger partial charge is 0.167 e. The van der Waals surface area contributed by atoms with Gasteiger partial charge in [-0.05, 0) is 6.92 Å². The second-order valence-corrected chi connectivity index (χ2v) is 4.81. The fourth-order valence-electron chi connectivity index (χ4n) is 2.44. The summed E-state index contributed by atoms with van der Waals surface area (Å²) >= 11 is 0. The van der Waals surface area contributed by atoms with Gasteiger partial charge in [0.05, 0.1) is 12.9 Å². The van der Waals surface area contributed by atoms with Crippen molar-refractivity contribution in [3.05, 3.63) is 12.7 Å². The standard InChI is InChI=1S/C12H17N5O4/c1-2-13-10-7-11(15-4-14-10)17(5-16-7)12-9(20)8(19)6(3-18)21-12/h4-6,8-9,12,18-20H,2-3H2,1H3,(H,13,14,15)/t6-,8?,9+,12-/m1/s1. The van der Waals surface area contributed by atoms with Crippen LogP contribution in [0.1, 0.15) is 13.2 Å². The number of ether oxygens (including phenoxy) is 1. The Morgan fingerprint density at radius 2 is 2.10 bits per heavy atom. The minimum atomic E-state index is -1.17. The van der Waals surface area contributed by atoms with Gasteiger partial charge in [-0.2, -0.15) is 0 Å². The highest BCUT2D eigenvalue weighted by atomic mass is 16.6. The second-order valence-electron chi connectivity index (χ2n) is 4.81. The Balaban J connectivity index is 2.00. The lowest BCUT2D eigenvalue weighted by Gasteiger charge is -2.16. The predicted molar refractivity (Wildman–Crippen MR) is 72.5 cm³/mol. The fourth-order valence-corrected chi connectivity index (χ4v) is 2.44. The van der Waals surface area contributed by atoms with E-state index < -0.39 is 24.5 Å². The first-order valence-electron chi connectivity index (χ1n) is 6.71. The van der Waals surface area contributed by atoms with E-state index >= 15 is 0 Å². The third-order valence-electron chi connectivity index (χ3n) is 3.49. The average molecular weight is 295 g/mol. The van der Waals surface area contributed by atoms with E-state index in [9.17, 15) is 10.2 Å². The van der Waals surface area contributed by atoms with E-state index in [0.717, 1.165) is 0 Å². The third-order valence-corrected chi connectivity index (χ3v) is 3.49. The Labute approximate surface area is 120 Å². The van der Waals surface area contributed by atoms with Crippen LogP contribution in [0.5, 0.6) is 0 Å². The highest BCUT2D eigenvalue weighted by Crippen LogP contribution is 2.31. The molecule has 0 radical (unpaired) electrons. The van der Waals surface area contributed by atoms with E-state index in [4.69, 9.17) is 9.84 Å². The van der Waals surface area contributed by atoms with Crippen LogP contribution >= 0.6 is 0 Å². The van der Waals surface area contributed by atoms with Gasteiger partial charge in [-0.15, -0.1) is 0 Å². The zero-order valence-electron chi connectivity index (χ0n) is 11.4. The number of aliphatic hydroxyl groups excluding tert-OH is 3. The molecule has 0 bridgehead atoms. The lowest BCUT2D eigenvalue weighted by molar-refractivity contribution is -0.0511. The topological polar surface area (TPSA) is 126 Å². The summed E-state index contributed by atoms with van der Waals surface area (Å²) in [5.41, 5.74) is 1.04. The molecule has 9 heteroatoms. The van der Waals surface area contributed by atoms with E-state index in [0.29, 0.717) is 23.5 Å². The summed E-state index contributed by atoms with van der Waals surface area (Å²) < 4.78 is 7.01. The minimum absolute atomic E-state index is 0.376. The van der Waals surface area contributed by atoms with Gasteiger partial charge in [-0.25, -0.2) is 15.0 Å². The van der Waals surface area contributed by atoms with E-state index in [1.165, 1.54) is 17.2 Å². The van der Waals surface area contributed by atoms with Crippen molar-refractivity contribution in [1.29, 1.82) is 0 Å². The van der Waals surface area contributed by atoms with E-state index in [2.05, 4.69) is 20.3 Å². The number of nitrogens with zero attached hydrogens (tertiary/aromatic N) is 4.